The molecule has 0 fully saturated rings. The SMILES string of the molecule is CC(C)NC(=O)CSc1ccccc1C(=O)O[C@@H](C)C(=O)NCC(F)(F)F. The summed E-state index contributed by atoms with van der Waals surface area (Å²) < 4.78 is 41.3. The van der Waals surface area contributed by atoms with Crippen molar-refractivity contribution in [2.24, 2.45) is 0 Å². The number of esters is 1. The molecule has 10 heteroatoms. The molecule has 1 atom stereocenters. The van der Waals surface area contributed by atoms with Crippen molar-refractivity contribution in [3.8, 4) is 0 Å². The number of benzene rings is 1. The summed E-state index contributed by atoms with van der Waals surface area (Å²) in [7, 11) is 0. The molecule has 0 spiro atoms. The van der Waals surface area contributed by atoms with Gasteiger partial charge >= 0.3 is 12.1 Å². The zero-order valence-corrected chi connectivity index (χ0v) is 15.9. The first kappa shape index (κ1) is 22.8. The van der Waals surface area contributed by atoms with Crippen molar-refractivity contribution >= 4 is 29.5 Å². The number of halogens is 3. The van der Waals surface area contributed by atoms with Crippen LogP contribution in [0.2, 0.25) is 0 Å². The van der Waals surface area contributed by atoms with E-state index >= 15 is 0 Å². The first-order chi connectivity index (χ1) is 12.5. The van der Waals surface area contributed by atoms with Gasteiger partial charge in [0.05, 0.1) is 11.3 Å². The van der Waals surface area contributed by atoms with E-state index in [0.29, 0.717) is 4.90 Å². The third kappa shape index (κ3) is 8.80. The van der Waals surface area contributed by atoms with Gasteiger partial charge in [0.15, 0.2) is 6.10 Å². The van der Waals surface area contributed by atoms with Gasteiger partial charge < -0.3 is 15.4 Å². The van der Waals surface area contributed by atoms with Crippen LogP contribution in [0.4, 0.5) is 13.2 Å². The van der Waals surface area contributed by atoms with Gasteiger partial charge in [0.1, 0.15) is 6.54 Å². The number of ether oxygens (including phenoxy) is 1. The Labute approximate surface area is 159 Å². The molecule has 0 heterocycles. The number of carbonyl (C=O) groups excluding carboxylic acids is 3. The molecule has 27 heavy (non-hydrogen) atoms. The topological polar surface area (TPSA) is 84.5 Å². The van der Waals surface area contributed by atoms with E-state index in [4.69, 9.17) is 4.74 Å². The van der Waals surface area contributed by atoms with Gasteiger partial charge in [0.25, 0.3) is 5.91 Å². The number of thioether (sulfide) groups is 1. The molecule has 2 N–H and O–H groups in total. The maximum absolute atomic E-state index is 12.3. The van der Waals surface area contributed by atoms with Crippen LogP contribution in [0.25, 0.3) is 0 Å². The highest BCUT2D eigenvalue weighted by atomic mass is 32.2. The van der Waals surface area contributed by atoms with Gasteiger partial charge in [-0.2, -0.15) is 13.2 Å². The molecule has 0 aromatic heterocycles. The van der Waals surface area contributed by atoms with Crippen LogP contribution in [-0.4, -0.2) is 48.4 Å². The van der Waals surface area contributed by atoms with Crippen LogP contribution in [0.15, 0.2) is 29.2 Å². The van der Waals surface area contributed by atoms with Gasteiger partial charge in [-0.15, -0.1) is 11.8 Å². The molecule has 0 saturated heterocycles. The molecule has 150 valence electrons. The Bertz CT molecular complexity index is 680. The monoisotopic (exact) mass is 406 g/mol. The minimum Gasteiger partial charge on any atom is -0.449 e. The average molecular weight is 406 g/mol. The number of amides is 2. The largest absolute Gasteiger partial charge is 0.449 e. The van der Waals surface area contributed by atoms with Crippen molar-refractivity contribution in [3.05, 3.63) is 29.8 Å². The maximum atomic E-state index is 12.3. The summed E-state index contributed by atoms with van der Waals surface area (Å²) in [5.74, 6) is -2.05. The van der Waals surface area contributed by atoms with Crippen molar-refractivity contribution in [2.45, 2.75) is 44.0 Å². The molecule has 0 aliphatic carbocycles. The van der Waals surface area contributed by atoms with E-state index < -0.39 is 30.7 Å². The highest BCUT2D eigenvalue weighted by Gasteiger charge is 2.29. The summed E-state index contributed by atoms with van der Waals surface area (Å²) in [6, 6.07) is 6.28. The molecular formula is C17H21F3N2O4S. The standard InChI is InChI=1S/C17H21F3N2O4S/c1-10(2)22-14(23)8-27-13-7-5-4-6-12(13)16(25)26-11(3)15(24)21-9-17(18,19)20/h4-7,10-11H,8-9H2,1-3H3,(H,21,24)(H,22,23)/t11-/m0/s1. The van der Waals surface area contributed by atoms with Crippen LogP contribution >= 0.6 is 11.8 Å². The van der Waals surface area contributed by atoms with Crippen LogP contribution in [-0.2, 0) is 14.3 Å². The van der Waals surface area contributed by atoms with Crippen molar-refractivity contribution < 1.29 is 32.3 Å². The molecule has 2 amide bonds. The molecule has 0 aliphatic rings. The smallest absolute Gasteiger partial charge is 0.405 e. The zero-order valence-electron chi connectivity index (χ0n) is 15.1. The highest BCUT2D eigenvalue weighted by molar-refractivity contribution is 8.00. The van der Waals surface area contributed by atoms with Gasteiger partial charge in [-0.25, -0.2) is 4.79 Å². The number of carbonyl (C=O) groups is 3. The highest BCUT2D eigenvalue weighted by Crippen LogP contribution is 2.23. The van der Waals surface area contributed by atoms with Gasteiger partial charge in [0.2, 0.25) is 5.91 Å². The fourth-order valence-corrected chi connectivity index (χ4v) is 2.73. The Morgan fingerprint density at radius 2 is 1.78 bits per heavy atom. The molecule has 0 bridgehead atoms. The second-order valence-electron chi connectivity index (χ2n) is 5.89. The molecule has 0 saturated carbocycles. The Morgan fingerprint density at radius 1 is 1.15 bits per heavy atom. The Morgan fingerprint density at radius 3 is 2.37 bits per heavy atom. The van der Waals surface area contributed by atoms with Gasteiger partial charge in [-0.1, -0.05) is 12.1 Å². The second-order valence-corrected chi connectivity index (χ2v) is 6.90. The predicted octanol–water partition coefficient (Wildman–Crippen LogP) is 2.53. The van der Waals surface area contributed by atoms with E-state index in [9.17, 15) is 27.6 Å². The normalized spacial score (nSPS) is 12.4. The molecule has 1 aromatic carbocycles. The number of rotatable bonds is 8. The van der Waals surface area contributed by atoms with Crippen molar-refractivity contribution in [2.75, 3.05) is 12.3 Å². The summed E-state index contributed by atoms with van der Waals surface area (Å²) in [6.07, 6.45) is -5.96. The lowest BCUT2D eigenvalue weighted by atomic mass is 10.2. The maximum Gasteiger partial charge on any atom is 0.405 e. The Balaban J connectivity index is 2.69. The van der Waals surface area contributed by atoms with Gasteiger partial charge in [-0.3, -0.25) is 9.59 Å². The summed E-state index contributed by atoms with van der Waals surface area (Å²) >= 11 is 1.11. The van der Waals surface area contributed by atoms with Crippen LogP contribution in [0.3, 0.4) is 0 Å². The third-order valence-electron chi connectivity index (χ3n) is 3.03. The van der Waals surface area contributed by atoms with E-state index in [1.807, 2.05) is 13.8 Å². The minimum absolute atomic E-state index is 0.0191. The average Bonchev–Trinajstić information content (AvgIpc) is 2.56. The molecule has 0 unspecified atom stereocenters. The summed E-state index contributed by atoms with van der Waals surface area (Å²) in [5, 5.41) is 4.37. The summed E-state index contributed by atoms with van der Waals surface area (Å²) in [5.41, 5.74) is 0.121. The number of hydrogen-bond acceptors (Lipinski definition) is 5. The molecule has 0 radical (unpaired) electrons. The number of nitrogens with one attached hydrogen (secondary N) is 2. The molecule has 6 nitrogen and oxygen atoms in total. The van der Waals surface area contributed by atoms with E-state index in [-0.39, 0.29) is 23.3 Å². The van der Waals surface area contributed by atoms with Crippen molar-refractivity contribution in [3.63, 3.8) is 0 Å². The first-order valence-corrected chi connectivity index (χ1v) is 9.04. The van der Waals surface area contributed by atoms with Gasteiger partial charge in [0, 0.05) is 10.9 Å². The fourth-order valence-electron chi connectivity index (χ4n) is 1.88. The lowest BCUT2D eigenvalue weighted by Crippen LogP contribution is -2.40. The lowest BCUT2D eigenvalue weighted by Gasteiger charge is -2.15. The quantitative estimate of drug-likeness (QED) is 0.512. The molecule has 1 rings (SSSR count). The molecular weight excluding hydrogens is 385 g/mol. The molecule has 1 aromatic rings. The van der Waals surface area contributed by atoms with E-state index in [1.165, 1.54) is 13.0 Å². The van der Waals surface area contributed by atoms with Crippen molar-refractivity contribution in [1.82, 2.24) is 10.6 Å². The Hall–Kier alpha value is -2.23. The summed E-state index contributed by atoms with van der Waals surface area (Å²) in [6.45, 7) is 3.30. The van der Waals surface area contributed by atoms with Crippen molar-refractivity contribution in [1.29, 1.82) is 0 Å². The first-order valence-electron chi connectivity index (χ1n) is 8.06. The lowest BCUT2D eigenvalue weighted by molar-refractivity contribution is -0.143. The number of hydrogen-bond donors (Lipinski definition) is 2. The van der Waals surface area contributed by atoms with Crippen LogP contribution in [0, 0.1) is 0 Å². The van der Waals surface area contributed by atoms with E-state index in [2.05, 4.69) is 5.32 Å². The Kier molecular flexibility index (Phi) is 8.61. The van der Waals surface area contributed by atoms with Crippen LogP contribution < -0.4 is 10.6 Å². The van der Waals surface area contributed by atoms with Crippen LogP contribution in [0.1, 0.15) is 31.1 Å². The molecule has 0 aliphatic heterocycles. The second kappa shape index (κ2) is 10.2. The van der Waals surface area contributed by atoms with E-state index in [0.717, 1.165) is 11.8 Å². The fraction of sp³-hybridized carbons (Fsp3) is 0.471. The zero-order chi connectivity index (χ0) is 20.6. The minimum atomic E-state index is -4.56. The third-order valence-corrected chi connectivity index (χ3v) is 4.11. The predicted molar refractivity (Wildman–Crippen MR) is 94.4 cm³/mol. The van der Waals surface area contributed by atoms with E-state index in [1.54, 1.807) is 23.5 Å². The summed E-state index contributed by atoms with van der Waals surface area (Å²) in [4.78, 5) is 36.1. The van der Waals surface area contributed by atoms with Gasteiger partial charge in [-0.05, 0) is 32.9 Å². The number of alkyl halides is 3. The van der Waals surface area contributed by atoms with Crippen LogP contribution in [0.5, 0.6) is 0 Å².